The second kappa shape index (κ2) is 11.1. The van der Waals surface area contributed by atoms with E-state index in [4.69, 9.17) is 17.4 Å². The second-order valence-electron chi connectivity index (χ2n) is 8.11. The fourth-order valence-electron chi connectivity index (χ4n) is 4.11. The van der Waals surface area contributed by atoms with E-state index in [0.717, 1.165) is 43.1 Å². The molecule has 4 rings (SSSR count). The number of nitrogens with two attached hydrogens (primary N) is 1. The molecule has 0 radical (unpaired) electrons. The van der Waals surface area contributed by atoms with Gasteiger partial charge < -0.3 is 10.7 Å². The van der Waals surface area contributed by atoms with Crippen LogP contribution < -0.4 is 21.3 Å². The van der Waals surface area contributed by atoms with Crippen molar-refractivity contribution in [3.8, 4) is 0 Å². The van der Waals surface area contributed by atoms with Crippen molar-refractivity contribution in [1.29, 1.82) is 0 Å². The molecule has 0 spiro atoms. The first-order valence-electron chi connectivity index (χ1n) is 10.7. The van der Waals surface area contributed by atoms with Gasteiger partial charge in [0, 0.05) is 18.5 Å². The topological polar surface area (TPSA) is 122 Å². The molecule has 0 aliphatic heterocycles. The smallest absolute Gasteiger partial charge is 0.242 e. The summed E-state index contributed by atoms with van der Waals surface area (Å²) in [6, 6.07) is 14.2. The number of aromatic nitrogens is 2. The van der Waals surface area contributed by atoms with Gasteiger partial charge in [0.05, 0.1) is 10.5 Å². The van der Waals surface area contributed by atoms with E-state index in [1.165, 1.54) is 6.07 Å². The van der Waals surface area contributed by atoms with Crippen molar-refractivity contribution in [3.05, 3.63) is 53.6 Å². The van der Waals surface area contributed by atoms with Crippen LogP contribution in [-0.4, -0.2) is 31.5 Å². The van der Waals surface area contributed by atoms with Gasteiger partial charge in [0.2, 0.25) is 16.0 Å². The molecule has 1 aromatic heterocycles. The first-order chi connectivity index (χ1) is 15.5. The SMILES string of the molecule is C.NNc1nc(NCC2CCC(CNS(=O)(=O)c3ccccc3Cl)CC2)nc2ccccc12. The Morgan fingerprint density at radius 3 is 2.27 bits per heavy atom. The minimum atomic E-state index is -3.60. The number of nitrogens with zero attached hydrogens (tertiary/aromatic N) is 2. The number of hydrazine groups is 1. The third kappa shape index (κ3) is 6.11. The first kappa shape index (κ1) is 25.2. The van der Waals surface area contributed by atoms with E-state index < -0.39 is 10.0 Å². The summed E-state index contributed by atoms with van der Waals surface area (Å²) < 4.78 is 27.8. The molecule has 10 heteroatoms. The number of rotatable bonds is 8. The molecule has 33 heavy (non-hydrogen) atoms. The predicted octanol–water partition coefficient (Wildman–Crippen LogP) is 4.40. The normalized spacial score (nSPS) is 18.5. The van der Waals surface area contributed by atoms with Crippen LogP contribution in [0, 0.1) is 11.8 Å². The highest BCUT2D eigenvalue weighted by Crippen LogP contribution is 2.29. The third-order valence-electron chi connectivity index (χ3n) is 5.94. The van der Waals surface area contributed by atoms with Crippen molar-refractivity contribution in [1.82, 2.24) is 14.7 Å². The number of halogens is 1. The Kier molecular flexibility index (Phi) is 8.47. The van der Waals surface area contributed by atoms with Crippen molar-refractivity contribution >= 4 is 44.3 Å². The summed E-state index contributed by atoms with van der Waals surface area (Å²) in [6.45, 7) is 1.19. The lowest BCUT2D eigenvalue weighted by atomic mass is 9.82. The molecule has 2 aromatic carbocycles. The van der Waals surface area contributed by atoms with Gasteiger partial charge in [0.25, 0.3) is 0 Å². The molecule has 0 bridgehead atoms. The summed E-state index contributed by atoms with van der Waals surface area (Å²) in [6.07, 6.45) is 3.96. The lowest BCUT2D eigenvalue weighted by Crippen LogP contribution is -2.32. The van der Waals surface area contributed by atoms with Gasteiger partial charge in [-0.1, -0.05) is 43.3 Å². The Bertz CT molecular complexity index is 1180. The van der Waals surface area contributed by atoms with Gasteiger partial charge in [-0.15, -0.1) is 0 Å². The van der Waals surface area contributed by atoms with E-state index in [1.54, 1.807) is 18.2 Å². The number of benzene rings is 2. The van der Waals surface area contributed by atoms with Crippen LogP contribution in [0.3, 0.4) is 0 Å². The van der Waals surface area contributed by atoms with Crippen molar-refractivity contribution in [2.45, 2.75) is 38.0 Å². The minimum Gasteiger partial charge on any atom is -0.354 e. The van der Waals surface area contributed by atoms with Gasteiger partial charge in [0.1, 0.15) is 4.90 Å². The van der Waals surface area contributed by atoms with E-state index in [0.29, 0.717) is 30.1 Å². The molecule has 1 heterocycles. The highest BCUT2D eigenvalue weighted by atomic mass is 35.5. The molecule has 8 nitrogen and oxygen atoms in total. The zero-order chi connectivity index (χ0) is 22.6. The van der Waals surface area contributed by atoms with Gasteiger partial charge in [-0.25, -0.2) is 24.0 Å². The van der Waals surface area contributed by atoms with Crippen LogP contribution in [0.4, 0.5) is 11.8 Å². The zero-order valence-electron chi connectivity index (χ0n) is 17.6. The van der Waals surface area contributed by atoms with Gasteiger partial charge in [-0.3, -0.25) is 0 Å². The average Bonchev–Trinajstić information content (AvgIpc) is 2.81. The monoisotopic (exact) mass is 490 g/mol. The Hall–Kier alpha value is -2.46. The van der Waals surface area contributed by atoms with Crippen LogP contribution in [0.5, 0.6) is 0 Å². The van der Waals surface area contributed by atoms with Crippen molar-refractivity contribution in [2.24, 2.45) is 17.7 Å². The number of anilines is 2. The molecule has 1 saturated carbocycles. The average molecular weight is 491 g/mol. The molecule has 0 atom stereocenters. The molecule has 0 unspecified atom stereocenters. The number of nitrogen functional groups attached to an aromatic ring is 1. The van der Waals surface area contributed by atoms with E-state index in [9.17, 15) is 8.42 Å². The zero-order valence-corrected chi connectivity index (χ0v) is 19.2. The number of nitrogens with one attached hydrogen (secondary N) is 3. The molecule has 1 aliphatic carbocycles. The van der Waals surface area contributed by atoms with Gasteiger partial charge >= 0.3 is 0 Å². The molecule has 0 amide bonds. The molecule has 5 N–H and O–H groups in total. The Balaban J connectivity index is 0.00000306. The highest BCUT2D eigenvalue weighted by Gasteiger charge is 2.24. The highest BCUT2D eigenvalue weighted by molar-refractivity contribution is 7.89. The van der Waals surface area contributed by atoms with Crippen LogP contribution in [0.15, 0.2) is 53.4 Å². The Morgan fingerprint density at radius 2 is 1.58 bits per heavy atom. The largest absolute Gasteiger partial charge is 0.354 e. The maximum atomic E-state index is 12.5. The molecular formula is C23H31ClN6O2S. The van der Waals surface area contributed by atoms with Crippen molar-refractivity contribution in [2.75, 3.05) is 23.8 Å². The maximum absolute atomic E-state index is 12.5. The maximum Gasteiger partial charge on any atom is 0.242 e. The van der Waals surface area contributed by atoms with E-state index in [2.05, 4.69) is 25.4 Å². The van der Waals surface area contributed by atoms with Gasteiger partial charge in [-0.2, -0.15) is 4.98 Å². The summed E-state index contributed by atoms with van der Waals surface area (Å²) in [5, 5.41) is 4.45. The fourth-order valence-corrected chi connectivity index (χ4v) is 5.74. The molecule has 1 fully saturated rings. The number of hydrogen-bond donors (Lipinski definition) is 4. The summed E-state index contributed by atoms with van der Waals surface area (Å²) in [5.74, 6) is 7.55. The lowest BCUT2D eigenvalue weighted by Gasteiger charge is -2.28. The number of para-hydroxylation sites is 1. The predicted molar refractivity (Wildman–Crippen MR) is 135 cm³/mol. The van der Waals surface area contributed by atoms with Crippen LogP contribution in [0.1, 0.15) is 33.1 Å². The van der Waals surface area contributed by atoms with Crippen LogP contribution in [-0.2, 0) is 10.0 Å². The standard InChI is InChI=1S/C22H27ClN6O2S.CH4/c23-18-6-2-4-8-20(18)32(30,31)26-14-16-11-9-15(10-12-16)13-25-22-27-19-7-3-1-5-17(19)21(28-22)29-24;/h1-8,15-16,26H,9-14,24H2,(H2,25,27,28,29);1H4. The molecule has 1 aliphatic rings. The van der Waals surface area contributed by atoms with E-state index in [1.807, 2.05) is 24.3 Å². The number of fused-ring (bicyclic) bond motifs is 1. The van der Waals surface area contributed by atoms with Crippen LogP contribution >= 0.6 is 11.6 Å². The first-order valence-corrected chi connectivity index (χ1v) is 12.5. The Morgan fingerprint density at radius 1 is 0.939 bits per heavy atom. The lowest BCUT2D eigenvalue weighted by molar-refractivity contribution is 0.284. The third-order valence-corrected chi connectivity index (χ3v) is 7.87. The molecule has 0 saturated heterocycles. The summed E-state index contributed by atoms with van der Waals surface area (Å²) in [7, 11) is -3.60. The van der Waals surface area contributed by atoms with Gasteiger partial charge in [-0.05, 0) is 61.8 Å². The van der Waals surface area contributed by atoms with Crippen LogP contribution in [0.25, 0.3) is 10.9 Å². The van der Waals surface area contributed by atoms with Crippen molar-refractivity contribution in [3.63, 3.8) is 0 Å². The summed E-state index contributed by atoms with van der Waals surface area (Å²) in [4.78, 5) is 9.16. The summed E-state index contributed by atoms with van der Waals surface area (Å²) >= 11 is 6.04. The quantitative estimate of drug-likeness (QED) is 0.272. The van der Waals surface area contributed by atoms with E-state index >= 15 is 0 Å². The van der Waals surface area contributed by atoms with Gasteiger partial charge in [0.15, 0.2) is 5.82 Å². The molecule has 3 aromatic rings. The van der Waals surface area contributed by atoms with E-state index in [-0.39, 0.29) is 17.3 Å². The molecule has 178 valence electrons. The summed E-state index contributed by atoms with van der Waals surface area (Å²) in [5.41, 5.74) is 3.47. The number of sulfonamides is 1. The second-order valence-corrected chi connectivity index (χ2v) is 10.2. The molecular weight excluding hydrogens is 460 g/mol. The Labute approximate surface area is 200 Å². The number of hydrogen-bond acceptors (Lipinski definition) is 7. The fraction of sp³-hybridized carbons (Fsp3) is 0.391. The van der Waals surface area contributed by atoms with Crippen LogP contribution in [0.2, 0.25) is 5.02 Å². The van der Waals surface area contributed by atoms with Crippen molar-refractivity contribution < 1.29 is 8.42 Å². The minimum absolute atomic E-state index is 0.